The molecular formula is C12H24N2S. The molecule has 3 heteroatoms. The van der Waals surface area contributed by atoms with E-state index in [9.17, 15) is 0 Å². The molecule has 1 N–H and O–H groups in total. The largest absolute Gasteiger partial charge is 0.312 e. The van der Waals surface area contributed by atoms with Gasteiger partial charge in [0.25, 0.3) is 0 Å². The zero-order valence-corrected chi connectivity index (χ0v) is 10.7. The van der Waals surface area contributed by atoms with Crippen molar-refractivity contribution in [3.8, 4) is 0 Å². The summed E-state index contributed by atoms with van der Waals surface area (Å²) >= 11 is 2.14. The first-order valence-electron chi connectivity index (χ1n) is 6.47. The van der Waals surface area contributed by atoms with Crippen LogP contribution in [-0.4, -0.2) is 48.1 Å². The molecule has 2 rings (SSSR count). The molecule has 88 valence electrons. The fraction of sp³-hybridized carbons (Fsp3) is 1.00. The van der Waals surface area contributed by atoms with Crippen LogP contribution in [0.3, 0.4) is 0 Å². The smallest absolute Gasteiger partial charge is 0.0340 e. The van der Waals surface area contributed by atoms with Crippen LogP contribution in [0.4, 0.5) is 0 Å². The normalized spacial score (nSPS) is 32.6. The van der Waals surface area contributed by atoms with Crippen molar-refractivity contribution in [2.75, 3.05) is 31.1 Å². The molecule has 2 nitrogen and oxygen atoms in total. The third-order valence-electron chi connectivity index (χ3n) is 3.64. The minimum atomic E-state index is 0.776. The SMILES string of the molecule is CCCCNC1CCCN2CCSCC12. The molecule has 2 aliphatic rings. The van der Waals surface area contributed by atoms with Crippen LogP contribution in [-0.2, 0) is 0 Å². The number of hydrogen-bond donors (Lipinski definition) is 1. The van der Waals surface area contributed by atoms with Gasteiger partial charge in [0, 0.05) is 30.1 Å². The number of nitrogens with one attached hydrogen (secondary N) is 1. The minimum Gasteiger partial charge on any atom is -0.312 e. The first-order valence-corrected chi connectivity index (χ1v) is 7.62. The van der Waals surface area contributed by atoms with Crippen LogP contribution in [0.5, 0.6) is 0 Å². The lowest BCUT2D eigenvalue weighted by Crippen LogP contribution is -2.57. The number of piperidine rings is 1. The lowest BCUT2D eigenvalue weighted by Gasteiger charge is -2.44. The van der Waals surface area contributed by atoms with Gasteiger partial charge in [-0.1, -0.05) is 13.3 Å². The van der Waals surface area contributed by atoms with Crippen LogP contribution in [0.25, 0.3) is 0 Å². The van der Waals surface area contributed by atoms with E-state index in [1.165, 1.54) is 56.8 Å². The molecule has 2 atom stereocenters. The van der Waals surface area contributed by atoms with Crippen molar-refractivity contribution in [2.24, 2.45) is 0 Å². The van der Waals surface area contributed by atoms with E-state index in [1.54, 1.807) is 0 Å². The standard InChI is InChI=1S/C12H24N2S/c1-2-3-6-13-11-5-4-7-14-8-9-15-10-12(11)14/h11-13H,2-10H2,1H3. The van der Waals surface area contributed by atoms with Gasteiger partial charge in [0.15, 0.2) is 0 Å². The molecule has 0 saturated carbocycles. The molecule has 15 heavy (non-hydrogen) atoms. The minimum absolute atomic E-state index is 0.776. The van der Waals surface area contributed by atoms with Crippen molar-refractivity contribution in [1.29, 1.82) is 0 Å². The van der Waals surface area contributed by atoms with Crippen LogP contribution in [0, 0.1) is 0 Å². The summed E-state index contributed by atoms with van der Waals surface area (Å²) in [4.78, 5) is 2.71. The Labute approximate surface area is 98.2 Å². The monoisotopic (exact) mass is 228 g/mol. The molecule has 0 amide bonds. The summed E-state index contributed by atoms with van der Waals surface area (Å²) in [6.07, 6.45) is 5.43. The lowest BCUT2D eigenvalue weighted by molar-refractivity contribution is 0.130. The molecule has 0 aliphatic carbocycles. The Hall–Kier alpha value is 0.270. The van der Waals surface area contributed by atoms with Gasteiger partial charge in [-0.05, 0) is 32.4 Å². The van der Waals surface area contributed by atoms with Crippen LogP contribution in [0.2, 0.25) is 0 Å². The highest BCUT2D eigenvalue weighted by Crippen LogP contribution is 2.25. The maximum absolute atomic E-state index is 3.77. The molecule has 2 unspecified atom stereocenters. The Morgan fingerprint density at radius 2 is 2.33 bits per heavy atom. The molecule has 2 fully saturated rings. The maximum Gasteiger partial charge on any atom is 0.0340 e. The van der Waals surface area contributed by atoms with Crippen LogP contribution in [0.1, 0.15) is 32.6 Å². The van der Waals surface area contributed by atoms with Gasteiger partial charge in [-0.25, -0.2) is 0 Å². The average Bonchev–Trinajstić information content (AvgIpc) is 2.30. The second-order valence-electron chi connectivity index (χ2n) is 4.73. The van der Waals surface area contributed by atoms with E-state index in [2.05, 4.69) is 28.9 Å². The van der Waals surface area contributed by atoms with Gasteiger partial charge in [-0.3, -0.25) is 4.90 Å². The van der Waals surface area contributed by atoms with Crippen LogP contribution < -0.4 is 5.32 Å². The average molecular weight is 228 g/mol. The number of hydrogen-bond acceptors (Lipinski definition) is 3. The van der Waals surface area contributed by atoms with Gasteiger partial charge in [0.2, 0.25) is 0 Å². The van der Waals surface area contributed by atoms with Crippen LogP contribution >= 0.6 is 11.8 Å². The topological polar surface area (TPSA) is 15.3 Å². The number of nitrogens with zero attached hydrogens (tertiary/aromatic N) is 1. The summed E-state index contributed by atoms with van der Waals surface area (Å²) in [6, 6.07) is 1.60. The summed E-state index contributed by atoms with van der Waals surface area (Å²) in [5.74, 6) is 2.70. The highest BCUT2D eigenvalue weighted by molar-refractivity contribution is 7.99. The zero-order chi connectivity index (χ0) is 10.5. The van der Waals surface area contributed by atoms with Crippen LogP contribution in [0.15, 0.2) is 0 Å². The third kappa shape index (κ3) is 3.11. The first-order chi connectivity index (χ1) is 7.42. The quantitative estimate of drug-likeness (QED) is 0.741. The van der Waals surface area contributed by atoms with Gasteiger partial charge < -0.3 is 5.32 Å². The Kier molecular flexibility index (Phi) is 4.79. The lowest BCUT2D eigenvalue weighted by atomic mass is 9.97. The van der Waals surface area contributed by atoms with Gasteiger partial charge in [0.1, 0.15) is 0 Å². The van der Waals surface area contributed by atoms with E-state index in [0.29, 0.717) is 0 Å². The van der Waals surface area contributed by atoms with E-state index >= 15 is 0 Å². The van der Waals surface area contributed by atoms with Crippen molar-refractivity contribution in [3.05, 3.63) is 0 Å². The van der Waals surface area contributed by atoms with E-state index in [0.717, 1.165) is 12.1 Å². The third-order valence-corrected chi connectivity index (χ3v) is 4.69. The van der Waals surface area contributed by atoms with Crippen molar-refractivity contribution >= 4 is 11.8 Å². The van der Waals surface area contributed by atoms with E-state index in [-0.39, 0.29) is 0 Å². The highest BCUT2D eigenvalue weighted by Gasteiger charge is 2.32. The molecular weight excluding hydrogens is 204 g/mol. The predicted molar refractivity (Wildman–Crippen MR) is 68.6 cm³/mol. The number of thioether (sulfide) groups is 1. The molecule has 0 aromatic carbocycles. The maximum atomic E-state index is 3.77. The molecule has 2 saturated heterocycles. The van der Waals surface area contributed by atoms with Gasteiger partial charge >= 0.3 is 0 Å². The second kappa shape index (κ2) is 6.12. The molecule has 2 heterocycles. The predicted octanol–water partition coefficient (Wildman–Crippen LogP) is 1.96. The molecule has 0 bridgehead atoms. The summed E-state index contributed by atoms with van der Waals surface area (Å²) in [7, 11) is 0. The second-order valence-corrected chi connectivity index (χ2v) is 5.88. The molecule has 0 spiro atoms. The first kappa shape index (κ1) is 11.7. The van der Waals surface area contributed by atoms with Gasteiger partial charge in [0.05, 0.1) is 0 Å². The van der Waals surface area contributed by atoms with Crippen molar-refractivity contribution in [3.63, 3.8) is 0 Å². The van der Waals surface area contributed by atoms with Crippen molar-refractivity contribution < 1.29 is 0 Å². The molecule has 2 aliphatic heterocycles. The number of rotatable bonds is 4. The highest BCUT2D eigenvalue weighted by atomic mass is 32.2. The number of fused-ring (bicyclic) bond motifs is 1. The van der Waals surface area contributed by atoms with Gasteiger partial charge in [-0.15, -0.1) is 0 Å². The van der Waals surface area contributed by atoms with Crippen molar-refractivity contribution in [1.82, 2.24) is 10.2 Å². The number of unbranched alkanes of at least 4 members (excludes halogenated alkanes) is 1. The fourth-order valence-corrected chi connectivity index (χ4v) is 3.93. The van der Waals surface area contributed by atoms with E-state index < -0.39 is 0 Å². The van der Waals surface area contributed by atoms with E-state index in [4.69, 9.17) is 0 Å². The molecule has 0 aromatic heterocycles. The Balaban J connectivity index is 1.81. The summed E-state index contributed by atoms with van der Waals surface area (Å²) < 4.78 is 0. The van der Waals surface area contributed by atoms with E-state index in [1.807, 2.05) is 0 Å². The zero-order valence-electron chi connectivity index (χ0n) is 9.87. The Morgan fingerprint density at radius 1 is 1.40 bits per heavy atom. The van der Waals surface area contributed by atoms with Gasteiger partial charge in [-0.2, -0.15) is 11.8 Å². The summed E-state index contributed by atoms with van der Waals surface area (Å²) in [5.41, 5.74) is 0. The fourth-order valence-electron chi connectivity index (χ4n) is 2.71. The summed E-state index contributed by atoms with van der Waals surface area (Å²) in [6.45, 7) is 6.15. The van der Waals surface area contributed by atoms with Crippen molar-refractivity contribution in [2.45, 2.75) is 44.7 Å². The molecule has 0 radical (unpaired) electrons. The molecule has 0 aromatic rings. The summed E-state index contributed by atoms with van der Waals surface area (Å²) in [5, 5.41) is 3.77. The Bertz CT molecular complexity index is 184. The Morgan fingerprint density at radius 3 is 3.20 bits per heavy atom.